The minimum Gasteiger partial charge on any atom is -0.326 e. The number of hydrogen-bond donors (Lipinski definition) is 1. The summed E-state index contributed by atoms with van der Waals surface area (Å²) in [6, 6.07) is 2.22. The zero-order chi connectivity index (χ0) is 15.8. The Labute approximate surface area is 130 Å². The molecular weight excluding hydrogens is 315 g/mol. The standard InChI is InChI=1S/C14H20ClFN2O2S/c1-9-4-3-5-10(2)18(9)21(19,20)13-7-12(15)6-11(8-17)14(13)16/h6-7,9-10H,3-5,8,17H2,1-2H3/t9-,10+. The highest BCUT2D eigenvalue weighted by molar-refractivity contribution is 7.89. The van der Waals surface area contributed by atoms with Crippen LogP contribution in [-0.4, -0.2) is 24.8 Å². The number of nitrogens with zero attached hydrogens (tertiary/aromatic N) is 1. The largest absolute Gasteiger partial charge is 0.326 e. The number of sulfonamides is 1. The summed E-state index contributed by atoms with van der Waals surface area (Å²) >= 11 is 5.91. The molecule has 2 rings (SSSR count). The van der Waals surface area contributed by atoms with Crippen LogP contribution in [0, 0.1) is 5.82 Å². The Morgan fingerprint density at radius 1 is 1.33 bits per heavy atom. The van der Waals surface area contributed by atoms with Crippen molar-refractivity contribution in [3.63, 3.8) is 0 Å². The number of piperidine rings is 1. The van der Waals surface area contributed by atoms with Gasteiger partial charge in [0.2, 0.25) is 10.0 Å². The second-order valence-electron chi connectivity index (χ2n) is 5.55. The van der Waals surface area contributed by atoms with Crippen LogP contribution in [0.3, 0.4) is 0 Å². The number of halogens is 2. The first-order valence-corrected chi connectivity index (χ1v) is 8.82. The molecule has 1 fully saturated rings. The van der Waals surface area contributed by atoms with Gasteiger partial charge in [-0.15, -0.1) is 0 Å². The highest BCUT2D eigenvalue weighted by Gasteiger charge is 2.37. The van der Waals surface area contributed by atoms with Gasteiger partial charge < -0.3 is 5.73 Å². The van der Waals surface area contributed by atoms with Crippen LogP contribution in [-0.2, 0) is 16.6 Å². The van der Waals surface area contributed by atoms with E-state index in [0.29, 0.717) is 0 Å². The van der Waals surface area contributed by atoms with E-state index in [-0.39, 0.29) is 34.1 Å². The summed E-state index contributed by atoms with van der Waals surface area (Å²) in [5.74, 6) is -0.799. The topological polar surface area (TPSA) is 63.4 Å². The van der Waals surface area contributed by atoms with E-state index in [1.54, 1.807) is 0 Å². The average Bonchev–Trinajstić information content (AvgIpc) is 2.40. The normalized spacial score (nSPS) is 24.2. The third-order valence-electron chi connectivity index (χ3n) is 3.97. The second-order valence-corrected chi connectivity index (χ2v) is 7.79. The molecule has 7 heteroatoms. The molecule has 1 aromatic carbocycles. The first kappa shape index (κ1) is 16.7. The number of nitrogens with two attached hydrogens (primary N) is 1. The molecule has 1 heterocycles. The fourth-order valence-electron chi connectivity index (χ4n) is 2.94. The van der Waals surface area contributed by atoms with Gasteiger partial charge >= 0.3 is 0 Å². The molecule has 1 aromatic rings. The molecule has 0 aromatic heterocycles. The molecule has 4 nitrogen and oxygen atoms in total. The lowest BCUT2D eigenvalue weighted by atomic mass is 10.0. The lowest BCUT2D eigenvalue weighted by molar-refractivity contribution is 0.203. The molecule has 0 amide bonds. The quantitative estimate of drug-likeness (QED) is 0.924. The average molecular weight is 335 g/mol. The van der Waals surface area contributed by atoms with Gasteiger partial charge in [0, 0.05) is 29.2 Å². The maximum absolute atomic E-state index is 14.4. The molecule has 0 unspecified atom stereocenters. The van der Waals surface area contributed by atoms with Crippen LogP contribution in [0.5, 0.6) is 0 Å². The lowest BCUT2D eigenvalue weighted by Gasteiger charge is -2.37. The van der Waals surface area contributed by atoms with Crippen LogP contribution in [0.15, 0.2) is 17.0 Å². The Kier molecular flexibility index (Phi) is 4.92. The zero-order valence-corrected chi connectivity index (χ0v) is 13.7. The van der Waals surface area contributed by atoms with E-state index < -0.39 is 15.8 Å². The molecule has 0 aliphatic carbocycles. The van der Waals surface area contributed by atoms with Crippen LogP contribution in [0.1, 0.15) is 38.7 Å². The molecule has 21 heavy (non-hydrogen) atoms. The third-order valence-corrected chi connectivity index (χ3v) is 6.31. The van der Waals surface area contributed by atoms with Crippen LogP contribution < -0.4 is 5.73 Å². The Bertz CT molecular complexity index is 626. The molecule has 1 saturated heterocycles. The fraction of sp³-hybridized carbons (Fsp3) is 0.571. The summed E-state index contributed by atoms with van der Waals surface area (Å²) in [4.78, 5) is -0.379. The predicted molar refractivity (Wildman–Crippen MR) is 81.1 cm³/mol. The van der Waals surface area contributed by atoms with Gasteiger partial charge in [0.15, 0.2) is 0 Å². The molecule has 2 N–H and O–H groups in total. The van der Waals surface area contributed by atoms with E-state index in [0.717, 1.165) is 19.3 Å². The van der Waals surface area contributed by atoms with Crippen molar-refractivity contribution in [3.05, 3.63) is 28.5 Å². The number of benzene rings is 1. The molecule has 118 valence electrons. The van der Waals surface area contributed by atoms with Gasteiger partial charge in [0.1, 0.15) is 10.7 Å². The van der Waals surface area contributed by atoms with Crippen molar-refractivity contribution in [2.24, 2.45) is 5.73 Å². The lowest BCUT2D eigenvalue weighted by Crippen LogP contribution is -2.47. The molecule has 0 spiro atoms. The van der Waals surface area contributed by atoms with Crippen molar-refractivity contribution in [3.8, 4) is 0 Å². The highest BCUT2D eigenvalue weighted by atomic mass is 35.5. The first-order valence-electron chi connectivity index (χ1n) is 7.00. The summed E-state index contributed by atoms with van der Waals surface area (Å²) in [7, 11) is -3.93. The minimum absolute atomic E-state index is 0.0972. The van der Waals surface area contributed by atoms with E-state index in [4.69, 9.17) is 17.3 Å². The molecule has 1 aliphatic heterocycles. The van der Waals surface area contributed by atoms with Gasteiger partial charge in [0.25, 0.3) is 0 Å². The van der Waals surface area contributed by atoms with E-state index >= 15 is 0 Å². The van der Waals surface area contributed by atoms with Gasteiger partial charge in [-0.3, -0.25) is 0 Å². The summed E-state index contributed by atoms with van der Waals surface area (Å²) in [5, 5.41) is 0.174. The Morgan fingerprint density at radius 3 is 2.43 bits per heavy atom. The first-order chi connectivity index (χ1) is 9.78. The van der Waals surface area contributed by atoms with E-state index in [1.807, 2.05) is 13.8 Å². The molecular formula is C14H20ClFN2O2S. The van der Waals surface area contributed by atoms with E-state index in [1.165, 1.54) is 16.4 Å². The zero-order valence-electron chi connectivity index (χ0n) is 12.1. The Morgan fingerprint density at radius 2 is 1.90 bits per heavy atom. The third kappa shape index (κ3) is 3.08. The Hall–Kier alpha value is -0.690. The van der Waals surface area contributed by atoms with Gasteiger partial charge in [-0.25, -0.2) is 12.8 Å². The smallest absolute Gasteiger partial charge is 0.246 e. The molecule has 2 atom stereocenters. The molecule has 0 saturated carbocycles. The van der Waals surface area contributed by atoms with Crippen molar-refractivity contribution in [2.45, 2.75) is 56.6 Å². The summed E-state index contributed by atoms with van der Waals surface area (Å²) in [5.41, 5.74) is 5.57. The minimum atomic E-state index is -3.93. The Balaban J connectivity index is 2.56. The molecule has 0 bridgehead atoms. The second kappa shape index (κ2) is 6.20. The van der Waals surface area contributed by atoms with Gasteiger partial charge in [-0.05, 0) is 38.8 Å². The number of rotatable bonds is 3. The van der Waals surface area contributed by atoms with Crippen molar-refractivity contribution < 1.29 is 12.8 Å². The summed E-state index contributed by atoms with van der Waals surface area (Å²) in [6.07, 6.45) is 2.52. The van der Waals surface area contributed by atoms with Gasteiger partial charge in [0.05, 0.1) is 0 Å². The SMILES string of the molecule is C[C@@H]1CCC[C@H](C)N1S(=O)(=O)c1cc(Cl)cc(CN)c1F. The molecule has 0 radical (unpaired) electrons. The van der Waals surface area contributed by atoms with E-state index in [9.17, 15) is 12.8 Å². The monoisotopic (exact) mass is 334 g/mol. The van der Waals surface area contributed by atoms with Crippen molar-refractivity contribution in [1.82, 2.24) is 4.31 Å². The summed E-state index contributed by atoms with van der Waals surface area (Å²) in [6.45, 7) is 3.60. The van der Waals surface area contributed by atoms with Gasteiger partial charge in [-0.2, -0.15) is 4.31 Å². The number of hydrogen-bond acceptors (Lipinski definition) is 3. The predicted octanol–water partition coefficient (Wildman–Crippen LogP) is 2.89. The fourth-order valence-corrected chi connectivity index (χ4v) is 5.26. The van der Waals surface area contributed by atoms with Crippen LogP contribution in [0.2, 0.25) is 5.02 Å². The van der Waals surface area contributed by atoms with Gasteiger partial charge in [-0.1, -0.05) is 18.0 Å². The molecule has 1 aliphatic rings. The highest BCUT2D eigenvalue weighted by Crippen LogP contribution is 2.32. The summed E-state index contributed by atoms with van der Waals surface area (Å²) < 4.78 is 41.5. The van der Waals surface area contributed by atoms with Crippen molar-refractivity contribution >= 4 is 21.6 Å². The van der Waals surface area contributed by atoms with Crippen LogP contribution >= 0.6 is 11.6 Å². The van der Waals surface area contributed by atoms with Crippen molar-refractivity contribution in [1.29, 1.82) is 0 Å². The van der Waals surface area contributed by atoms with Crippen LogP contribution in [0.25, 0.3) is 0 Å². The maximum atomic E-state index is 14.4. The van der Waals surface area contributed by atoms with E-state index in [2.05, 4.69) is 0 Å². The van der Waals surface area contributed by atoms with Crippen molar-refractivity contribution in [2.75, 3.05) is 0 Å². The maximum Gasteiger partial charge on any atom is 0.246 e. The van der Waals surface area contributed by atoms with Crippen LogP contribution in [0.4, 0.5) is 4.39 Å².